The van der Waals surface area contributed by atoms with Crippen molar-refractivity contribution in [1.29, 1.82) is 0 Å². The predicted octanol–water partition coefficient (Wildman–Crippen LogP) is 5.34. The average Bonchev–Trinajstić information content (AvgIpc) is 3.07. The Labute approximate surface area is 172 Å². The zero-order chi connectivity index (χ0) is 19.8. The van der Waals surface area contributed by atoms with Gasteiger partial charge in [0.1, 0.15) is 0 Å². The van der Waals surface area contributed by atoms with Crippen molar-refractivity contribution in [2.75, 3.05) is 28.6 Å². The molecule has 2 aromatic rings. The molecule has 2 N–H and O–H groups in total. The van der Waals surface area contributed by atoms with Gasteiger partial charge in [-0.15, -0.1) is 0 Å². The van der Waals surface area contributed by atoms with Gasteiger partial charge in [-0.05, 0) is 68.4 Å². The van der Waals surface area contributed by atoms with Crippen LogP contribution in [0.2, 0.25) is 0 Å². The number of allylic oxidation sites excluding steroid dienone is 1. The molecule has 0 aromatic heterocycles. The molecule has 1 unspecified atom stereocenters. The summed E-state index contributed by atoms with van der Waals surface area (Å²) in [6.45, 7) is 4.38. The van der Waals surface area contributed by atoms with E-state index in [9.17, 15) is 4.79 Å². The lowest BCUT2D eigenvalue weighted by molar-refractivity contribution is -0.110. The standard InChI is InChI=1S/C25H27N3O/c1-17-14-20(26-15-22-21-8-4-5-9-23(21)27-25(22)29)10-11-24(17)28-13-12-18-6-2-3-7-19(18)16-28/h4-5,7-11,14-15,18,26H,2-3,6,12-13,16H2,1H3,(H,27,29). The number of benzene rings is 2. The van der Waals surface area contributed by atoms with Crippen molar-refractivity contribution in [3.63, 3.8) is 0 Å². The average molecular weight is 386 g/mol. The monoisotopic (exact) mass is 385 g/mol. The van der Waals surface area contributed by atoms with E-state index >= 15 is 0 Å². The lowest BCUT2D eigenvalue weighted by Crippen LogP contribution is -2.36. The molecule has 0 radical (unpaired) electrons. The minimum atomic E-state index is -0.0596. The molecule has 1 amide bonds. The fourth-order valence-electron chi connectivity index (χ4n) is 4.88. The van der Waals surface area contributed by atoms with E-state index in [4.69, 9.17) is 0 Å². The van der Waals surface area contributed by atoms with Crippen molar-refractivity contribution in [2.24, 2.45) is 5.92 Å². The first kappa shape index (κ1) is 18.0. The SMILES string of the molecule is Cc1cc(NC=C2C(=O)Nc3ccccc32)ccc1N1CCC2CCCC=C2C1. The smallest absolute Gasteiger partial charge is 0.257 e. The Kier molecular flexibility index (Phi) is 4.62. The first-order chi connectivity index (χ1) is 14.2. The lowest BCUT2D eigenvalue weighted by atomic mass is 9.82. The zero-order valence-electron chi connectivity index (χ0n) is 16.9. The van der Waals surface area contributed by atoms with Crippen LogP contribution in [0.15, 0.2) is 60.3 Å². The van der Waals surface area contributed by atoms with E-state index in [2.05, 4.69) is 46.7 Å². The summed E-state index contributed by atoms with van der Waals surface area (Å²) in [4.78, 5) is 14.8. The molecule has 1 fully saturated rings. The first-order valence-electron chi connectivity index (χ1n) is 10.6. The number of carbonyl (C=O) groups is 1. The Hall–Kier alpha value is -3.01. The highest BCUT2D eigenvalue weighted by atomic mass is 16.2. The van der Waals surface area contributed by atoms with Crippen LogP contribution in [0.25, 0.3) is 5.57 Å². The quantitative estimate of drug-likeness (QED) is 0.554. The van der Waals surface area contributed by atoms with E-state index in [1.807, 2.05) is 30.5 Å². The Morgan fingerprint density at radius 1 is 1.17 bits per heavy atom. The maximum atomic E-state index is 12.3. The summed E-state index contributed by atoms with van der Waals surface area (Å²) in [5.74, 6) is 0.754. The summed E-state index contributed by atoms with van der Waals surface area (Å²) in [5, 5.41) is 6.23. The Morgan fingerprint density at radius 3 is 2.97 bits per heavy atom. The molecule has 1 atom stereocenters. The second-order valence-electron chi connectivity index (χ2n) is 8.32. The van der Waals surface area contributed by atoms with E-state index in [-0.39, 0.29) is 5.91 Å². The number of aryl methyl sites for hydroxylation is 1. The highest BCUT2D eigenvalue weighted by molar-refractivity contribution is 6.31. The number of rotatable bonds is 3. The van der Waals surface area contributed by atoms with Gasteiger partial charge in [0.25, 0.3) is 5.91 Å². The Morgan fingerprint density at radius 2 is 2.07 bits per heavy atom. The molecule has 148 valence electrons. The normalized spacial score (nSPS) is 22.0. The number of anilines is 3. The molecular formula is C25H27N3O. The molecule has 4 nitrogen and oxygen atoms in total. The number of hydrogen-bond donors (Lipinski definition) is 2. The summed E-state index contributed by atoms with van der Waals surface area (Å²) >= 11 is 0. The summed E-state index contributed by atoms with van der Waals surface area (Å²) in [6, 6.07) is 14.3. The van der Waals surface area contributed by atoms with E-state index in [1.165, 1.54) is 36.9 Å². The van der Waals surface area contributed by atoms with Gasteiger partial charge in [-0.2, -0.15) is 0 Å². The summed E-state index contributed by atoms with van der Waals surface area (Å²) in [7, 11) is 0. The van der Waals surface area contributed by atoms with Gasteiger partial charge in [0.05, 0.1) is 5.57 Å². The number of hydrogen-bond acceptors (Lipinski definition) is 3. The van der Waals surface area contributed by atoms with Crippen LogP contribution in [-0.4, -0.2) is 19.0 Å². The Bertz CT molecular complexity index is 1020. The molecule has 1 saturated heterocycles. The number of piperidine rings is 1. The van der Waals surface area contributed by atoms with Gasteiger partial charge in [-0.3, -0.25) is 4.79 Å². The van der Waals surface area contributed by atoms with Crippen molar-refractivity contribution in [2.45, 2.75) is 32.6 Å². The molecule has 2 aliphatic heterocycles. The molecular weight excluding hydrogens is 358 g/mol. The molecule has 0 saturated carbocycles. The number of fused-ring (bicyclic) bond motifs is 2. The third kappa shape index (κ3) is 3.44. The van der Waals surface area contributed by atoms with E-state index in [0.29, 0.717) is 5.57 Å². The summed E-state index contributed by atoms with van der Waals surface area (Å²) < 4.78 is 0. The fraction of sp³-hybridized carbons (Fsp3) is 0.320. The van der Waals surface area contributed by atoms with Crippen molar-refractivity contribution in [3.05, 3.63) is 71.4 Å². The van der Waals surface area contributed by atoms with Crippen molar-refractivity contribution < 1.29 is 4.79 Å². The highest BCUT2D eigenvalue weighted by Crippen LogP contribution is 2.36. The third-order valence-corrected chi connectivity index (χ3v) is 6.44. The molecule has 2 heterocycles. The summed E-state index contributed by atoms with van der Waals surface area (Å²) in [5.41, 5.74) is 7.71. The van der Waals surface area contributed by atoms with Crippen molar-refractivity contribution in [3.8, 4) is 0 Å². The molecule has 1 aliphatic carbocycles. The van der Waals surface area contributed by atoms with Crippen LogP contribution in [-0.2, 0) is 4.79 Å². The van der Waals surface area contributed by atoms with Crippen LogP contribution in [0.4, 0.5) is 17.1 Å². The minimum absolute atomic E-state index is 0.0596. The molecule has 4 heteroatoms. The van der Waals surface area contributed by atoms with E-state index < -0.39 is 0 Å². The molecule has 0 bridgehead atoms. The molecule has 3 aliphatic rings. The molecule has 2 aromatic carbocycles. The summed E-state index contributed by atoms with van der Waals surface area (Å²) in [6.07, 6.45) is 9.52. The molecule has 29 heavy (non-hydrogen) atoms. The maximum Gasteiger partial charge on any atom is 0.257 e. The lowest BCUT2D eigenvalue weighted by Gasteiger charge is -2.38. The topological polar surface area (TPSA) is 44.4 Å². The van der Waals surface area contributed by atoms with E-state index in [1.54, 1.807) is 5.57 Å². The van der Waals surface area contributed by atoms with Gasteiger partial charge in [0, 0.05) is 41.9 Å². The van der Waals surface area contributed by atoms with Gasteiger partial charge in [-0.1, -0.05) is 29.8 Å². The van der Waals surface area contributed by atoms with Gasteiger partial charge in [-0.25, -0.2) is 0 Å². The minimum Gasteiger partial charge on any atom is -0.367 e. The number of nitrogens with one attached hydrogen (secondary N) is 2. The Balaban J connectivity index is 1.33. The van der Waals surface area contributed by atoms with Crippen LogP contribution in [0, 0.1) is 12.8 Å². The van der Waals surface area contributed by atoms with Crippen LogP contribution < -0.4 is 15.5 Å². The zero-order valence-corrected chi connectivity index (χ0v) is 16.9. The maximum absolute atomic E-state index is 12.3. The third-order valence-electron chi connectivity index (χ3n) is 6.44. The highest BCUT2D eigenvalue weighted by Gasteiger charge is 2.26. The van der Waals surface area contributed by atoms with Gasteiger partial charge >= 0.3 is 0 Å². The van der Waals surface area contributed by atoms with Crippen molar-refractivity contribution in [1.82, 2.24) is 0 Å². The van der Waals surface area contributed by atoms with Gasteiger partial charge in [0.2, 0.25) is 0 Å². The number of para-hydroxylation sites is 1. The predicted molar refractivity (Wildman–Crippen MR) is 120 cm³/mol. The first-order valence-corrected chi connectivity index (χ1v) is 10.6. The second-order valence-corrected chi connectivity index (χ2v) is 8.32. The van der Waals surface area contributed by atoms with E-state index in [0.717, 1.165) is 35.9 Å². The van der Waals surface area contributed by atoms with Gasteiger partial charge in [0.15, 0.2) is 0 Å². The van der Waals surface area contributed by atoms with Crippen LogP contribution >= 0.6 is 0 Å². The van der Waals surface area contributed by atoms with Crippen LogP contribution in [0.5, 0.6) is 0 Å². The molecule has 5 rings (SSSR count). The second kappa shape index (κ2) is 7.43. The van der Waals surface area contributed by atoms with Crippen molar-refractivity contribution >= 4 is 28.5 Å². The largest absolute Gasteiger partial charge is 0.367 e. The van der Waals surface area contributed by atoms with Crippen LogP contribution in [0.3, 0.4) is 0 Å². The fourth-order valence-corrected chi connectivity index (χ4v) is 4.88. The molecule has 0 spiro atoms. The number of nitrogens with zero attached hydrogens (tertiary/aromatic N) is 1. The van der Waals surface area contributed by atoms with Gasteiger partial charge < -0.3 is 15.5 Å². The number of carbonyl (C=O) groups excluding carboxylic acids is 1. The number of amides is 1. The van der Waals surface area contributed by atoms with Crippen LogP contribution in [0.1, 0.15) is 36.8 Å².